The molecule has 3 N–H and O–H groups in total. The van der Waals surface area contributed by atoms with E-state index in [1.165, 1.54) is 25.3 Å². The Balaban J connectivity index is 0.00000441. The van der Waals surface area contributed by atoms with E-state index in [0.29, 0.717) is 11.6 Å². The number of halogens is 4. The van der Waals surface area contributed by atoms with Crippen molar-refractivity contribution in [3.63, 3.8) is 0 Å². The van der Waals surface area contributed by atoms with E-state index >= 15 is 0 Å². The van der Waals surface area contributed by atoms with Gasteiger partial charge in [0, 0.05) is 12.1 Å². The summed E-state index contributed by atoms with van der Waals surface area (Å²) in [6.45, 7) is -1.15. The number of hydrogen-bond acceptors (Lipinski definition) is 4. The van der Waals surface area contributed by atoms with Gasteiger partial charge in [0.25, 0.3) is 11.8 Å². The molecule has 9 heteroatoms. The highest BCUT2D eigenvalue weighted by molar-refractivity contribution is 6.31. The van der Waals surface area contributed by atoms with Gasteiger partial charge in [-0.1, -0.05) is 11.6 Å². The molecule has 0 saturated carbocycles. The van der Waals surface area contributed by atoms with E-state index in [4.69, 9.17) is 26.8 Å². The first-order valence-electron chi connectivity index (χ1n) is 6.17. The van der Waals surface area contributed by atoms with E-state index < -0.39 is 24.9 Å². The highest BCUT2D eigenvalue weighted by Gasteiger charge is 2.28. The number of carbonyl (C=O) groups excluding carboxylic acids is 1. The van der Waals surface area contributed by atoms with Crippen molar-refractivity contribution >= 4 is 29.9 Å². The van der Waals surface area contributed by atoms with Crippen LogP contribution in [0.3, 0.4) is 0 Å². The maximum absolute atomic E-state index is 13.0. The number of hydrogen-bond donors (Lipinski definition) is 2. The second kappa shape index (κ2) is 9.78. The zero-order valence-corrected chi connectivity index (χ0v) is 13.5. The number of carbonyl (C=O) groups is 1. The van der Waals surface area contributed by atoms with Crippen molar-refractivity contribution in [2.24, 2.45) is 5.73 Å². The topological polar surface area (TPSA) is 73.6 Å². The zero-order chi connectivity index (χ0) is 15.9. The summed E-state index contributed by atoms with van der Waals surface area (Å²) in [5.41, 5.74) is 4.98. The number of ether oxygens (including phenoxy) is 2. The Bertz CT molecular complexity index is 490. The molecule has 0 atom stereocenters. The Kier molecular flexibility index (Phi) is 9.27. The number of benzene rings is 1. The van der Waals surface area contributed by atoms with Crippen LogP contribution in [0.25, 0.3) is 0 Å². The Morgan fingerprint density at radius 1 is 1.41 bits per heavy atom. The van der Waals surface area contributed by atoms with Gasteiger partial charge in [-0.2, -0.15) is 0 Å². The molecule has 0 aromatic heterocycles. The molecule has 1 aromatic rings. The highest BCUT2D eigenvalue weighted by Crippen LogP contribution is 2.23. The third kappa shape index (κ3) is 6.74. The van der Waals surface area contributed by atoms with Crippen molar-refractivity contribution < 1.29 is 23.0 Å². The third-order valence-corrected chi connectivity index (χ3v) is 2.77. The Morgan fingerprint density at radius 2 is 2.09 bits per heavy atom. The molecule has 126 valence electrons. The van der Waals surface area contributed by atoms with E-state index in [1.807, 2.05) is 0 Å². The van der Waals surface area contributed by atoms with Gasteiger partial charge in [-0.05, 0) is 18.2 Å². The first kappa shape index (κ1) is 20.9. The lowest BCUT2D eigenvalue weighted by Crippen LogP contribution is -2.41. The van der Waals surface area contributed by atoms with Gasteiger partial charge in [0.2, 0.25) is 0 Å². The largest absolute Gasteiger partial charge is 0.490 e. The summed E-state index contributed by atoms with van der Waals surface area (Å²) >= 11 is 5.81. The average molecular weight is 359 g/mol. The first-order valence-corrected chi connectivity index (χ1v) is 6.55. The van der Waals surface area contributed by atoms with Crippen LogP contribution < -0.4 is 15.8 Å². The standard InChI is InChI=1S/C13H17ClF2N2O3.ClH/c1-20-4-5-21-11-3-2-9(14)6-10(11)12(19)18-8-13(15,16)7-17;/h2-3,6H,4-5,7-8,17H2,1H3,(H,18,19);1H. The molecule has 0 radical (unpaired) electrons. The van der Waals surface area contributed by atoms with Crippen LogP contribution in [0, 0.1) is 0 Å². The van der Waals surface area contributed by atoms with Crippen molar-refractivity contribution in [1.29, 1.82) is 0 Å². The summed E-state index contributed by atoms with van der Waals surface area (Å²) in [7, 11) is 1.51. The van der Waals surface area contributed by atoms with Gasteiger partial charge in [-0.3, -0.25) is 4.79 Å². The quantitative estimate of drug-likeness (QED) is 0.698. The fourth-order valence-electron chi connectivity index (χ4n) is 1.42. The minimum Gasteiger partial charge on any atom is -0.490 e. The van der Waals surface area contributed by atoms with Gasteiger partial charge in [0.1, 0.15) is 12.4 Å². The predicted octanol–water partition coefficient (Wildman–Crippen LogP) is 2.11. The van der Waals surface area contributed by atoms with Crippen LogP contribution in [0.15, 0.2) is 18.2 Å². The smallest absolute Gasteiger partial charge is 0.277 e. The normalized spacial score (nSPS) is 10.8. The zero-order valence-electron chi connectivity index (χ0n) is 11.9. The minimum absolute atomic E-state index is 0. The Morgan fingerprint density at radius 3 is 2.68 bits per heavy atom. The third-order valence-electron chi connectivity index (χ3n) is 2.54. The van der Waals surface area contributed by atoms with Gasteiger partial charge in [0.05, 0.1) is 25.3 Å². The Labute approximate surface area is 138 Å². The molecule has 0 aliphatic carbocycles. The number of nitrogens with one attached hydrogen (secondary N) is 1. The maximum Gasteiger partial charge on any atom is 0.277 e. The molecule has 0 spiro atoms. The van der Waals surface area contributed by atoms with Crippen LogP contribution in [-0.2, 0) is 4.74 Å². The van der Waals surface area contributed by atoms with Gasteiger partial charge in [-0.25, -0.2) is 8.78 Å². The molecule has 1 rings (SSSR count). The molecule has 0 bridgehead atoms. The fraction of sp³-hybridized carbons (Fsp3) is 0.462. The van der Waals surface area contributed by atoms with E-state index in [0.717, 1.165) is 0 Å². The van der Waals surface area contributed by atoms with Crippen molar-refractivity contribution in [2.45, 2.75) is 5.92 Å². The highest BCUT2D eigenvalue weighted by atomic mass is 35.5. The number of nitrogens with two attached hydrogens (primary N) is 1. The molecule has 0 heterocycles. The summed E-state index contributed by atoms with van der Waals surface area (Å²) in [6, 6.07) is 4.38. The van der Waals surface area contributed by atoms with Gasteiger partial charge < -0.3 is 20.5 Å². The van der Waals surface area contributed by atoms with E-state index in [1.54, 1.807) is 0 Å². The molecule has 0 aliphatic heterocycles. The minimum atomic E-state index is -3.16. The lowest BCUT2D eigenvalue weighted by Gasteiger charge is -2.16. The summed E-state index contributed by atoms with van der Waals surface area (Å²) in [4.78, 5) is 12.0. The lowest BCUT2D eigenvalue weighted by atomic mass is 10.2. The van der Waals surface area contributed by atoms with Crippen LogP contribution in [0.2, 0.25) is 5.02 Å². The molecule has 0 fully saturated rings. The number of methoxy groups -OCH3 is 1. The van der Waals surface area contributed by atoms with Crippen molar-refractivity contribution in [3.8, 4) is 5.75 Å². The summed E-state index contributed by atoms with van der Waals surface area (Å²) in [5, 5.41) is 2.41. The van der Waals surface area contributed by atoms with Crippen LogP contribution in [-0.4, -0.2) is 45.2 Å². The fourth-order valence-corrected chi connectivity index (χ4v) is 1.59. The Hall–Kier alpha value is -1.15. The van der Waals surface area contributed by atoms with Crippen molar-refractivity contribution in [3.05, 3.63) is 28.8 Å². The van der Waals surface area contributed by atoms with Crippen LogP contribution in [0.4, 0.5) is 8.78 Å². The van der Waals surface area contributed by atoms with Gasteiger partial charge in [-0.15, -0.1) is 12.4 Å². The summed E-state index contributed by atoms with van der Waals surface area (Å²) in [6.07, 6.45) is 0. The average Bonchev–Trinajstić information content (AvgIpc) is 2.46. The second-order valence-corrected chi connectivity index (χ2v) is 4.66. The van der Waals surface area contributed by atoms with Crippen molar-refractivity contribution in [1.82, 2.24) is 5.32 Å². The second-order valence-electron chi connectivity index (χ2n) is 4.22. The summed E-state index contributed by atoms with van der Waals surface area (Å²) < 4.78 is 36.3. The predicted molar refractivity (Wildman–Crippen MR) is 82.4 cm³/mol. The molecule has 5 nitrogen and oxygen atoms in total. The molecular formula is C13H18Cl2F2N2O3. The monoisotopic (exact) mass is 358 g/mol. The molecular weight excluding hydrogens is 341 g/mol. The molecule has 1 aromatic carbocycles. The first-order chi connectivity index (χ1) is 9.89. The summed E-state index contributed by atoms with van der Waals surface area (Å²) in [5.74, 6) is -3.63. The van der Waals surface area contributed by atoms with E-state index in [9.17, 15) is 13.6 Å². The molecule has 0 saturated heterocycles. The number of alkyl halides is 2. The van der Waals surface area contributed by atoms with Gasteiger partial charge >= 0.3 is 0 Å². The molecule has 0 aliphatic rings. The number of amides is 1. The molecule has 0 unspecified atom stereocenters. The lowest BCUT2D eigenvalue weighted by molar-refractivity contribution is 0.0118. The van der Waals surface area contributed by atoms with Crippen LogP contribution in [0.5, 0.6) is 5.75 Å². The molecule has 1 amide bonds. The van der Waals surface area contributed by atoms with Crippen LogP contribution >= 0.6 is 24.0 Å². The van der Waals surface area contributed by atoms with Gasteiger partial charge in [0.15, 0.2) is 0 Å². The van der Waals surface area contributed by atoms with Crippen molar-refractivity contribution in [2.75, 3.05) is 33.4 Å². The SMILES string of the molecule is COCCOc1ccc(Cl)cc1C(=O)NCC(F)(F)CN.Cl. The molecule has 22 heavy (non-hydrogen) atoms. The number of rotatable bonds is 8. The van der Waals surface area contributed by atoms with Crippen LogP contribution in [0.1, 0.15) is 10.4 Å². The maximum atomic E-state index is 13.0. The van der Waals surface area contributed by atoms with E-state index in [-0.39, 0.29) is 30.3 Å². The van der Waals surface area contributed by atoms with E-state index in [2.05, 4.69) is 5.32 Å².